The number of ketones is 1. The van der Waals surface area contributed by atoms with E-state index in [1.165, 1.54) is 0 Å². The van der Waals surface area contributed by atoms with Crippen LogP contribution in [0, 0.1) is 0 Å². The third kappa shape index (κ3) is 8.41. The van der Waals surface area contributed by atoms with Gasteiger partial charge in [0.05, 0.1) is 12.7 Å². The van der Waals surface area contributed by atoms with Gasteiger partial charge in [0.25, 0.3) is 0 Å². The van der Waals surface area contributed by atoms with Crippen LogP contribution in [-0.2, 0) is 11.2 Å². The maximum absolute atomic E-state index is 12.8. The first kappa shape index (κ1) is 23.6. The van der Waals surface area contributed by atoms with Gasteiger partial charge in [0.2, 0.25) is 0 Å². The Morgan fingerprint density at radius 3 is 2.44 bits per heavy atom. The molecule has 0 saturated carbocycles. The second kappa shape index (κ2) is 12.9. The van der Waals surface area contributed by atoms with Gasteiger partial charge in [0, 0.05) is 23.6 Å². The van der Waals surface area contributed by atoms with Gasteiger partial charge in [-0.25, -0.2) is 0 Å². The zero-order valence-corrected chi connectivity index (χ0v) is 17.0. The summed E-state index contributed by atoms with van der Waals surface area (Å²) in [6, 6.07) is 16.4. The molecule has 0 aliphatic heterocycles. The maximum Gasteiger partial charge on any atom is 0.191 e. The van der Waals surface area contributed by atoms with Crippen LogP contribution in [0.25, 0.3) is 0 Å². The number of benzene rings is 2. The minimum Gasteiger partial charge on any atom is -0.389 e. The fraction of sp³-hybridized carbons (Fsp3) is 0.381. The van der Waals surface area contributed by atoms with Crippen LogP contribution in [0.15, 0.2) is 54.6 Å². The van der Waals surface area contributed by atoms with E-state index in [1.54, 1.807) is 24.3 Å². The molecule has 0 spiro atoms. The number of ether oxygens (including phenoxy) is 1. The van der Waals surface area contributed by atoms with Gasteiger partial charge in [0.1, 0.15) is 6.10 Å². The van der Waals surface area contributed by atoms with Gasteiger partial charge < -0.3 is 15.2 Å². The smallest absolute Gasteiger partial charge is 0.191 e. The normalized spacial score (nSPS) is 12.9. The van der Waals surface area contributed by atoms with Crippen LogP contribution >= 0.6 is 24.0 Å². The number of aliphatic hydroxyl groups is 1. The number of aliphatic hydroxyl groups excluding tert-OH is 1. The molecule has 0 saturated heterocycles. The monoisotopic (exact) mass is 411 g/mol. The van der Waals surface area contributed by atoms with Crippen LogP contribution in [0.1, 0.15) is 29.3 Å². The zero-order valence-electron chi connectivity index (χ0n) is 15.4. The first-order chi connectivity index (χ1) is 12.6. The van der Waals surface area contributed by atoms with Crippen molar-refractivity contribution >= 4 is 29.8 Å². The summed E-state index contributed by atoms with van der Waals surface area (Å²) in [7, 11) is 0. The number of hydrogen-bond donors (Lipinski definition) is 2. The lowest BCUT2D eigenvalue weighted by molar-refractivity contribution is -0.00162. The van der Waals surface area contributed by atoms with Gasteiger partial charge in [-0.3, -0.25) is 4.79 Å². The van der Waals surface area contributed by atoms with Gasteiger partial charge in [-0.2, -0.15) is 0 Å². The first-order valence-electron chi connectivity index (χ1n) is 8.94. The Kier molecular flexibility index (Phi) is 11.3. The Balaban J connectivity index is 0.00000364. The van der Waals surface area contributed by atoms with E-state index in [2.05, 4.69) is 12.2 Å². The molecule has 0 heterocycles. The summed E-state index contributed by atoms with van der Waals surface area (Å²) in [5.74, 6) is -0.0886. The molecule has 0 amide bonds. The van der Waals surface area contributed by atoms with E-state index in [4.69, 9.17) is 16.3 Å². The minimum absolute atomic E-state index is 0. The van der Waals surface area contributed by atoms with Gasteiger partial charge in [-0.05, 0) is 30.7 Å². The molecule has 2 N–H and O–H groups in total. The first-order valence-corrected chi connectivity index (χ1v) is 9.32. The largest absolute Gasteiger partial charge is 0.389 e. The van der Waals surface area contributed by atoms with Gasteiger partial charge >= 0.3 is 0 Å². The Hall–Kier alpha value is -1.43. The van der Waals surface area contributed by atoms with Crippen molar-refractivity contribution in [1.82, 2.24) is 5.32 Å². The third-order valence-corrected chi connectivity index (χ3v) is 4.23. The fourth-order valence-corrected chi connectivity index (χ4v) is 2.71. The van der Waals surface area contributed by atoms with Gasteiger partial charge in [0.15, 0.2) is 5.78 Å². The summed E-state index contributed by atoms with van der Waals surface area (Å²) in [5, 5.41) is 13.9. The highest BCUT2D eigenvalue weighted by Gasteiger charge is 2.22. The zero-order chi connectivity index (χ0) is 18.8. The molecule has 2 atom stereocenters. The van der Waals surface area contributed by atoms with E-state index in [0.29, 0.717) is 23.6 Å². The highest BCUT2D eigenvalue weighted by molar-refractivity contribution is 6.30. The van der Waals surface area contributed by atoms with E-state index in [0.717, 1.165) is 18.5 Å². The summed E-state index contributed by atoms with van der Waals surface area (Å²) in [6.45, 7) is 3.46. The molecule has 148 valence electrons. The SMILES string of the molecule is CCCNCC(O)COC(Cc1ccc(Cl)cc1)C(=O)c1ccccc1.Cl. The molecule has 0 radical (unpaired) electrons. The molecule has 27 heavy (non-hydrogen) atoms. The van der Waals surface area contributed by atoms with E-state index in [-0.39, 0.29) is 24.8 Å². The molecule has 0 aromatic heterocycles. The molecule has 0 bridgehead atoms. The van der Waals surface area contributed by atoms with Crippen LogP contribution < -0.4 is 5.32 Å². The average molecular weight is 412 g/mol. The van der Waals surface area contributed by atoms with Crippen molar-refractivity contribution in [1.29, 1.82) is 0 Å². The van der Waals surface area contributed by atoms with Crippen molar-refractivity contribution in [2.75, 3.05) is 19.7 Å². The van der Waals surface area contributed by atoms with Crippen molar-refractivity contribution in [2.24, 2.45) is 0 Å². The van der Waals surface area contributed by atoms with Crippen LogP contribution in [0.2, 0.25) is 5.02 Å². The number of hydrogen-bond acceptors (Lipinski definition) is 4. The van der Waals surface area contributed by atoms with Crippen LogP contribution in [-0.4, -0.2) is 42.8 Å². The maximum atomic E-state index is 12.8. The lowest BCUT2D eigenvalue weighted by Gasteiger charge is -2.20. The van der Waals surface area contributed by atoms with Gasteiger partial charge in [-0.15, -0.1) is 12.4 Å². The molecular weight excluding hydrogens is 385 g/mol. The minimum atomic E-state index is -0.655. The van der Waals surface area contributed by atoms with Crippen molar-refractivity contribution in [2.45, 2.75) is 32.0 Å². The summed E-state index contributed by atoms with van der Waals surface area (Å²) < 4.78 is 5.81. The summed E-state index contributed by atoms with van der Waals surface area (Å²) in [4.78, 5) is 12.8. The number of nitrogens with one attached hydrogen (secondary N) is 1. The number of carbonyl (C=O) groups is 1. The molecule has 2 aromatic carbocycles. The molecule has 0 fully saturated rings. The van der Waals surface area contributed by atoms with E-state index in [1.807, 2.05) is 30.3 Å². The molecule has 6 heteroatoms. The number of halogens is 2. The summed E-state index contributed by atoms with van der Waals surface area (Å²) in [6.07, 6.45) is 0.122. The molecule has 2 rings (SSSR count). The quantitative estimate of drug-likeness (QED) is 0.434. The van der Waals surface area contributed by atoms with Crippen LogP contribution in [0.5, 0.6) is 0 Å². The third-order valence-electron chi connectivity index (χ3n) is 3.98. The second-order valence-corrected chi connectivity index (χ2v) is 6.68. The molecule has 0 aliphatic rings. The molecule has 2 unspecified atom stereocenters. The predicted octanol–water partition coefficient (Wildman–Crippen LogP) is 3.93. The Bertz CT molecular complexity index is 665. The lowest BCUT2D eigenvalue weighted by Crippen LogP contribution is -2.35. The molecule has 4 nitrogen and oxygen atoms in total. The van der Waals surface area contributed by atoms with Crippen LogP contribution in [0.4, 0.5) is 0 Å². The number of Topliss-reactive ketones (excluding diaryl/α,β-unsaturated/α-hetero) is 1. The Labute approximate surface area is 172 Å². The van der Waals surface area contributed by atoms with E-state index >= 15 is 0 Å². The second-order valence-electron chi connectivity index (χ2n) is 6.24. The van der Waals surface area contributed by atoms with Crippen molar-refractivity contribution < 1.29 is 14.6 Å². The van der Waals surface area contributed by atoms with Crippen LogP contribution in [0.3, 0.4) is 0 Å². The number of rotatable bonds is 11. The highest BCUT2D eigenvalue weighted by Crippen LogP contribution is 2.15. The fourth-order valence-electron chi connectivity index (χ4n) is 2.58. The van der Waals surface area contributed by atoms with Crippen molar-refractivity contribution in [3.05, 3.63) is 70.7 Å². The van der Waals surface area contributed by atoms with E-state index < -0.39 is 12.2 Å². The average Bonchev–Trinajstić information content (AvgIpc) is 2.67. The van der Waals surface area contributed by atoms with Crippen molar-refractivity contribution in [3.8, 4) is 0 Å². The van der Waals surface area contributed by atoms with Crippen molar-refractivity contribution in [3.63, 3.8) is 0 Å². The summed E-state index contributed by atoms with van der Waals surface area (Å²) >= 11 is 5.93. The standard InChI is InChI=1S/C21H26ClNO3.ClH/c1-2-12-23-14-19(24)15-26-20(13-16-8-10-18(22)11-9-16)21(25)17-6-4-3-5-7-17;/h3-11,19-20,23-24H,2,12-15H2,1H3;1H. The highest BCUT2D eigenvalue weighted by atomic mass is 35.5. The summed E-state index contributed by atoms with van der Waals surface area (Å²) in [5.41, 5.74) is 1.56. The molecule has 2 aromatic rings. The predicted molar refractivity (Wildman–Crippen MR) is 112 cm³/mol. The Morgan fingerprint density at radius 1 is 1.15 bits per heavy atom. The Morgan fingerprint density at radius 2 is 1.81 bits per heavy atom. The lowest BCUT2D eigenvalue weighted by atomic mass is 10.00. The topological polar surface area (TPSA) is 58.6 Å². The van der Waals surface area contributed by atoms with Gasteiger partial charge in [-0.1, -0.05) is 61.0 Å². The van der Waals surface area contributed by atoms with E-state index in [9.17, 15) is 9.90 Å². The number of carbonyl (C=O) groups excluding carboxylic acids is 1. The molecule has 0 aliphatic carbocycles. The molecular formula is C21H27Cl2NO3.